The van der Waals surface area contributed by atoms with Gasteiger partial charge in [-0.1, -0.05) is 0 Å². The van der Waals surface area contributed by atoms with Crippen LogP contribution in [0.15, 0.2) is 36.7 Å². The summed E-state index contributed by atoms with van der Waals surface area (Å²) in [5.74, 6) is 0.548. The molecular formula is C16H14F3N5. The number of nitrogens with zero attached hydrogens (tertiary/aromatic N) is 5. The molecule has 0 atom stereocenters. The van der Waals surface area contributed by atoms with Crippen LogP contribution in [-0.2, 0) is 6.18 Å². The summed E-state index contributed by atoms with van der Waals surface area (Å²) < 4.78 is 37.8. The molecule has 5 nitrogen and oxygen atoms in total. The first-order valence-corrected chi connectivity index (χ1v) is 7.37. The fourth-order valence-electron chi connectivity index (χ4n) is 2.68. The zero-order chi connectivity index (χ0) is 17.2. The van der Waals surface area contributed by atoms with E-state index in [1.165, 1.54) is 18.3 Å². The van der Waals surface area contributed by atoms with Crippen LogP contribution in [0.25, 0.3) is 0 Å². The quantitative estimate of drug-likeness (QED) is 0.846. The van der Waals surface area contributed by atoms with Crippen molar-refractivity contribution in [2.24, 2.45) is 0 Å². The molecule has 1 aromatic carbocycles. The van der Waals surface area contributed by atoms with Gasteiger partial charge in [0.15, 0.2) is 11.5 Å². The van der Waals surface area contributed by atoms with Gasteiger partial charge in [-0.05, 0) is 24.3 Å². The van der Waals surface area contributed by atoms with Gasteiger partial charge in [-0.15, -0.1) is 0 Å². The topological polar surface area (TPSA) is 56.1 Å². The van der Waals surface area contributed by atoms with Crippen LogP contribution in [0.4, 0.5) is 24.7 Å². The van der Waals surface area contributed by atoms with Crippen LogP contribution in [-0.4, -0.2) is 36.1 Å². The number of anilines is 2. The summed E-state index contributed by atoms with van der Waals surface area (Å²) in [6.07, 6.45) is -1.31. The summed E-state index contributed by atoms with van der Waals surface area (Å²) in [5, 5.41) is 9.09. The Labute approximate surface area is 137 Å². The lowest BCUT2D eigenvalue weighted by Gasteiger charge is -2.36. The number of alkyl halides is 3. The average Bonchev–Trinajstić information content (AvgIpc) is 2.61. The lowest BCUT2D eigenvalue weighted by molar-refractivity contribution is -0.137. The molecule has 1 saturated heterocycles. The highest BCUT2D eigenvalue weighted by molar-refractivity contribution is 5.53. The van der Waals surface area contributed by atoms with E-state index in [1.54, 1.807) is 6.20 Å². The van der Waals surface area contributed by atoms with Crippen LogP contribution in [0.2, 0.25) is 0 Å². The molecule has 1 aliphatic rings. The van der Waals surface area contributed by atoms with Gasteiger partial charge in [-0.25, -0.2) is 9.97 Å². The minimum absolute atomic E-state index is 0.278. The van der Waals surface area contributed by atoms with Crippen LogP contribution in [0.1, 0.15) is 11.3 Å². The number of benzene rings is 1. The van der Waals surface area contributed by atoms with Crippen molar-refractivity contribution >= 4 is 11.5 Å². The fraction of sp³-hybridized carbons (Fsp3) is 0.312. The molecule has 0 unspecified atom stereocenters. The summed E-state index contributed by atoms with van der Waals surface area (Å²) in [6, 6.07) is 7.19. The molecule has 2 aromatic rings. The van der Waals surface area contributed by atoms with Gasteiger partial charge in [0.2, 0.25) is 0 Å². The molecule has 124 valence electrons. The molecule has 1 aliphatic heterocycles. The first-order valence-electron chi connectivity index (χ1n) is 7.37. The van der Waals surface area contributed by atoms with Crippen molar-refractivity contribution in [2.75, 3.05) is 36.0 Å². The molecule has 2 heterocycles. The van der Waals surface area contributed by atoms with Gasteiger partial charge in [-0.2, -0.15) is 18.4 Å². The normalized spacial score (nSPS) is 15.2. The van der Waals surface area contributed by atoms with Gasteiger partial charge in [0.25, 0.3) is 0 Å². The molecule has 3 rings (SSSR count). The average molecular weight is 333 g/mol. The molecular weight excluding hydrogens is 319 g/mol. The second-order valence-electron chi connectivity index (χ2n) is 5.36. The van der Waals surface area contributed by atoms with E-state index in [0.717, 1.165) is 17.8 Å². The van der Waals surface area contributed by atoms with Gasteiger partial charge in [0.1, 0.15) is 6.07 Å². The predicted molar refractivity (Wildman–Crippen MR) is 82.6 cm³/mol. The van der Waals surface area contributed by atoms with Gasteiger partial charge < -0.3 is 9.80 Å². The molecule has 0 amide bonds. The van der Waals surface area contributed by atoms with E-state index in [1.807, 2.05) is 15.9 Å². The third-order valence-corrected chi connectivity index (χ3v) is 3.92. The Bertz CT molecular complexity index is 744. The van der Waals surface area contributed by atoms with Crippen molar-refractivity contribution in [1.29, 1.82) is 5.26 Å². The highest BCUT2D eigenvalue weighted by Gasteiger charge is 2.30. The van der Waals surface area contributed by atoms with Crippen molar-refractivity contribution in [2.45, 2.75) is 6.18 Å². The Morgan fingerprint density at radius 1 is 0.917 bits per heavy atom. The van der Waals surface area contributed by atoms with Gasteiger partial charge in [-0.3, -0.25) is 0 Å². The third-order valence-electron chi connectivity index (χ3n) is 3.92. The van der Waals surface area contributed by atoms with E-state index in [0.29, 0.717) is 32.0 Å². The maximum absolute atomic E-state index is 12.6. The van der Waals surface area contributed by atoms with Gasteiger partial charge in [0, 0.05) is 44.3 Å². The summed E-state index contributed by atoms with van der Waals surface area (Å²) in [7, 11) is 0. The standard InChI is InChI=1S/C16H14F3N5/c17-16(18,19)12-1-3-13(4-2-12)23-7-9-24(10-8-23)15-14(11-20)21-5-6-22-15/h1-6H,7-10H2. The molecule has 8 heteroatoms. The minimum Gasteiger partial charge on any atom is -0.368 e. The second-order valence-corrected chi connectivity index (χ2v) is 5.36. The number of aromatic nitrogens is 2. The molecule has 1 aromatic heterocycles. The number of piperazine rings is 1. The molecule has 0 N–H and O–H groups in total. The van der Waals surface area contributed by atoms with Crippen molar-refractivity contribution in [1.82, 2.24) is 9.97 Å². The van der Waals surface area contributed by atoms with E-state index >= 15 is 0 Å². The number of halogens is 3. The highest BCUT2D eigenvalue weighted by Crippen LogP contribution is 2.30. The Morgan fingerprint density at radius 3 is 2.08 bits per heavy atom. The summed E-state index contributed by atoms with van der Waals surface area (Å²) in [6.45, 7) is 2.50. The van der Waals surface area contributed by atoms with Crippen LogP contribution >= 0.6 is 0 Å². The smallest absolute Gasteiger partial charge is 0.368 e. The fourth-order valence-corrected chi connectivity index (χ4v) is 2.68. The number of rotatable bonds is 2. The lowest BCUT2D eigenvalue weighted by Crippen LogP contribution is -2.47. The van der Waals surface area contributed by atoms with E-state index in [-0.39, 0.29) is 5.69 Å². The Hall–Kier alpha value is -2.82. The third kappa shape index (κ3) is 3.25. The molecule has 0 bridgehead atoms. The van der Waals surface area contributed by atoms with E-state index in [2.05, 4.69) is 9.97 Å². The second kappa shape index (κ2) is 6.35. The molecule has 0 spiro atoms. The van der Waals surface area contributed by atoms with Crippen LogP contribution in [0, 0.1) is 11.3 Å². The van der Waals surface area contributed by atoms with E-state index in [9.17, 15) is 13.2 Å². The Balaban J connectivity index is 1.68. The first kappa shape index (κ1) is 16.1. The molecule has 1 fully saturated rings. The van der Waals surface area contributed by atoms with Crippen LogP contribution < -0.4 is 9.80 Å². The minimum atomic E-state index is -4.32. The predicted octanol–water partition coefficient (Wildman–Crippen LogP) is 2.69. The monoisotopic (exact) mass is 333 g/mol. The Kier molecular flexibility index (Phi) is 4.25. The zero-order valence-electron chi connectivity index (χ0n) is 12.7. The molecule has 24 heavy (non-hydrogen) atoms. The zero-order valence-corrected chi connectivity index (χ0v) is 12.7. The highest BCUT2D eigenvalue weighted by atomic mass is 19.4. The van der Waals surface area contributed by atoms with Crippen LogP contribution in [0.3, 0.4) is 0 Å². The van der Waals surface area contributed by atoms with Gasteiger partial charge in [0.05, 0.1) is 5.56 Å². The Morgan fingerprint density at radius 2 is 1.50 bits per heavy atom. The number of nitriles is 1. The van der Waals surface area contributed by atoms with Gasteiger partial charge >= 0.3 is 6.18 Å². The largest absolute Gasteiger partial charge is 0.416 e. The molecule has 0 saturated carbocycles. The number of hydrogen-bond donors (Lipinski definition) is 0. The molecule has 0 aliphatic carbocycles. The summed E-state index contributed by atoms with van der Waals surface area (Å²) in [4.78, 5) is 12.2. The van der Waals surface area contributed by atoms with Crippen molar-refractivity contribution < 1.29 is 13.2 Å². The van der Waals surface area contributed by atoms with Crippen molar-refractivity contribution in [3.05, 3.63) is 47.9 Å². The van der Waals surface area contributed by atoms with Crippen molar-refractivity contribution in [3.63, 3.8) is 0 Å². The summed E-state index contributed by atoms with van der Waals surface area (Å²) >= 11 is 0. The maximum atomic E-state index is 12.6. The van der Waals surface area contributed by atoms with Crippen LogP contribution in [0.5, 0.6) is 0 Å². The SMILES string of the molecule is N#Cc1nccnc1N1CCN(c2ccc(C(F)(F)F)cc2)CC1. The molecule has 0 radical (unpaired) electrons. The summed E-state index contributed by atoms with van der Waals surface area (Å²) in [5.41, 5.74) is 0.380. The van der Waals surface area contributed by atoms with E-state index < -0.39 is 11.7 Å². The lowest BCUT2D eigenvalue weighted by atomic mass is 10.1. The maximum Gasteiger partial charge on any atom is 0.416 e. The first-order chi connectivity index (χ1) is 11.5. The van der Waals surface area contributed by atoms with E-state index in [4.69, 9.17) is 5.26 Å². The van der Waals surface area contributed by atoms with Crippen molar-refractivity contribution in [3.8, 4) is 6.07 Å². The number of hydrogen-bond acceptors (Lipinski definition) is 5.